The van der Waals surface area contributed by atoms with Gasteiger partial charge in [-0.1, -0.05) is 0 Å². The van der Waals surface area contributed by atoms with E-state index < -0.39 is 26.3 Å². The molecule has 0 aliphatic carbocycles. The summed E-state index contributed by atoms with van der Waals surface area (Å²) in [6.45, 7) is 2.62. The number of benzene rings is 1. The Hall–Kier alpha value is -1.75. The fraction of sp³-hybridized carbons (Fsp3) is 0.462. The standard InChI is InChI=1S/C13H15F3N2O2S/c1-12(2,21(3,19)20)8-18-11-6-9(7-17)4-5-10(11)13(14,15)16/h4-6,18H,8H2,1-3H3. The molecule has 0 atom stereocenters. The molecule has 1 aromatic rings. The van der Waals surface area contributed by atoms with Gasteiger partial charge in [-0.25, -0.2) is 8.42 Å². The van der Waals surface area contributed by atoms with Gasteiger partial charge in [0, 0.05) is 18.5 Å². The summed E-state index contributed by atoms with van der Waals surface area (Å²) in [5.41, 5.74) is -1.19. The van der Waals surface area contributed by atoms with Crippen molar-refractivity contribution in [1.82, 2.24) is 0 Å². The number of nitrogens with one attached hydrogen (secondary N) is 1. The van der Waals surface area contributed by atoms with Gasteiger partial charge in [-0.3, -0.25) is 0 Å². The highest BCUT2D eigenvalue weighted by Crippen LogP contribution is 2.35. The van der Waals surface area contributed by atoms with Crippen molar-refractivity contribution in [2.24, 2.45) is 0 Å². The van der Waals surface area contributed by atoms with Crippen molar-refractivity contribution < 1.29 is 21.6 Å². The Balaban J connectivity index is 3.16. The number of sulfone groups is 1. The molecule has 116 valence electrons. The van der Waals surface area contributed by atoms with Crippen LogP contribution in [0.2, 0.25) is 0 Å². The first kappa shape index (κ1) is 17.3. The van der Waals surface area contributed by atoms with Crippen LogP contribution in [0.15, 0.2) is 18.2 Å². The Morgan fingerprint density at radius 3 is 2.29 bits per heavy atom. The van der Waals surface area contributed by atoms with E-state index in [0.29, 0.717) is 0 Å². The smallest absolute Gasteiger partial charge is 0.383 e. The number of nitriles is 1. The van der Waals surface area contributed by atoms with Crippen LogP contribution in [0.5, 0.6) is 0 Å². The Morgan fingerprint density at radius 2 is 1.86 bits per heavy atom. The average molecular weight is 320 g/mol. The highest BCUT2D eigenvalue weighted by molar-refractivity contribution is 7.92. The van der Waals surface area contributed by atoms with Gasteiger partial charge >= 0.3 is 6.18 Å². The van der Waals surface area contributed by atoms with Gasteiger partial charge in [0.25, 0.3) is 0 Å². The van der Waals surface area contributed by atoms with Crippen molar-refractivity contribution in [3.8, 4) is 6.07 Å². The second kappa shape index (κ2) is 5.56. The third-order valence-corrected chi connectivity index (χ3v) is 5.31. The molecule has 4 nitrogen and oxygen atoms in total. The minimum absolute atomic E-state index is 0.0580. The van der Waals surface area contributed by atoms with Gasteiger partial charge in [0.2, 0.25) is 0 Å². The summed E-state index contributed by atoms with van der Waals surface area (Å²) in [5, 5.41) is 11.2. The Kier molecular flexibility index (Phi) is 4.58. The topological polar surface area (TPSA) is 70.0 Å². The van der Waals surface area contributed by atoms with Crippen molar-refractivity contribution in [3.05, 3.63) is 29.3 Å². The Morgan fingerprint density at radius 1 is 1.29 bits per heavy atom. The number of nitrogens with zero attached hydrogens (tertiary/aromatic N) is 1. The molecular formula is C13H15F3N2O2S. The summed E-state index contributed by atoms with van der Waals surface area (Å²) in [4.78, 5) is 0. The summed E-state index contributed by atoms with van der Waals surface area (Å²) in [6.07, 6.45) is -3.57. The molecule has 1 aromatic carbocycles. The van der Waals surface area contributed by atoms with Crippen LogP contribution in [0, 0.1) is 11.3 Å². The normalized spacial score (nSPS) is 12.8. The predicted molar refractivity (Wildman–Crippen MR) is 73.6 cm³/mol. The summed E-state index contributed by atoms with van der Waals surface area (Å²) < 4.78 is 60.6. The van der Waals surface area contributed by atoms with Gasteiger partial charge < -0.3 is 5.32 Å². The molecule has 0 aliphatic heterocycles. The molecule has 0 unspecified atom stereocenters. The van der Waals surface area contributed by atoms with Gasteiger partial charge in [0.05, 0.1) is 21.9 Å². The van der Waals surface area contributed by atoms with Crippen LogP contribution in [0.3, 0.4) is 0 Å². The number of rotatable bonds is 4. The highest BCUT2D eigenvalue weighted by atomic mass is 32.2. The number of hydrogen-bond donors (Lipinski definition) is 1. The number of anilines is 1. The zero-order valence-corrected chi connectivity index (χ0v) is 12.6. The third-order valence-electron chi connectivity index (χ3n) is 3.16. The van der Waals surface area contributed by atoms with Crippen molar-refractivity contribution in [1.29, 1.82) is 5.26 Å². The first-order chi connectivity index (χ1) is 9.38. The number of hydrogen-bond acceptors (Lipinski definition) is 4. The largest absolute Gasteiger partial charge is 0.418 e. The fourth-order valence-corrected chi connectivity index (χ4v) is 1.78. The van der Waals surface area contributed by atoms with Crippen LogP contribution >= 0.6 is 0 Å². The Bertz CT molecular complexity index is 674. The summed E-state index contributed by atoms with van der Waals surface area (Å²) in [7, 11) is -3.45. The lowest BCUT2D eigenvalue weighted by Crippen LogP contribution is -2.38. The molecule has 0 spiro atoms. The van der Waals surface area contributed by atoms with E-state index in [2.05, 4.69) is 5.32 Å². The average Bonchev–Trinajstić information content (AvgIpc) is 2.33. The monoisotopic (exact) mass is 320 g/mol. The van der Waals surface area contributed by atoms with E-state index in [1.54, 1.807) is 6.07 Å². The molecule has 0 aromatic heterocycles. The van der Waals surface area contributed by atoms with Gasteiger partial charge in [0.1, 0.15) is 0 Å². The van der Waals surface area contributed by atoms with E-state index in [0.717, 1.165) is 24.5 Å². The van der Waals surface area contributed by atoms with Crippen molar-refractivity contribution >= 4 is 15.5 Å². The molecule has 0 heterocycles. The van der Waals surface area contributed by atoms with Crippen LogP contribution in [-0.2, 0) is 16.0 Å². The second-order valence-electron chi connectivity index (χ2n) is 5.26. The van der Waals surface area contributed by atoms with Gasteiger partial charge in [-0.2, -0.15) is 18.4 Å². The third kappa shape index (κ3) is 4.11. The van der Waals surface area contributed by atoms with E-state index in [-0.39, 0.29) is 17.8 Å². The van der Waals surface area contributed by atoms with E-state index in [9.17, 15) is 21.6 Å². The fourth-order valence-electron chi connectivity index (χ4n) is 1.45. The molecule has 1 rings (SSSR count). The summed E-state index contributed by atoms with van der Waals surface area (Å²) in [5.74, 6) is 0. The van der Waals surface area contributed by atoms with Crippen molar-refractivity contribution in [2.75, 3.05) is 18.1 Å². The molecule has 21 heavy (non-hydrogen) atoms. The van der Waals surface area contributed by atoms with Gasteiger partial charge in [-0.15, -0.1) is 0 Å². The van der Waals surface area contributed by atoms with Crippen molar-refractivity contribution in [2.45, 2.75) is 24.8 Å². The van der Waals surface area contributed by atoms with Crippen LogP contribution in [0.4, 0.5) is 18.9 Å². The van der Waals surface area contributed by atoms with E-state index in [1.807, 2.05) is 0 Å². The summed E-state index contributed by atoms with van der Waals surface area (Å²) in [6, 6.07) is 4.67. The zero-order valence-electron chi connectivity index (χ0n) is 11.7. The lowest BCUT2D eigenvalue weighted by atomic mass is 10.1. The molecule has 1 N–H and O–H groups in total. The maximum Gasteiger partial charge on any atom is 0.418 e. The molecule has 0 aliphatic rings. The van der Waals surface area contributed by atoms with Crippen molar-refractivity contribution in [3.63, 3.8) is 0 Å². The number of alkyl halides is 3. The maximum atomic E-state index is 12.9. The van der Waals surface area contributed by atoms with Crippen LogP contribution in [0.1, 0.15) is 25.0 Å². The van der Waals surface area contributed by atoms with Crippen LogP contribution in [0.25, 0.3) is 0 Å². The first-order valence-electron chi connectivity index (χ1n) is 5.93. The molecule has 0 saturated heterocycles. The molecule has 0 bridgehead atoms. The van der Waals surface area contributed by atoms with Crippen LogP contribution < -0.4 is 5.32 Å². The lowest BCUT2D eigenvalue weighted by Gasteiger charge is -2.24. The molecule has 0 fully saturated rings. The van der Waals surface area contributed by atoms with E-state index in [1.165, 1.54) is 13.8 Å². The van der Waals surface area contributed by atoms with Crippen LogP contribution in [-0.4, -0.2) is 26.0 Å². The minimum atomic E-state index is -4.59. The van der Waals surface area contributed by atoms with E-state index in [4.69, 9.17) is 5.26 Å². The predicted octanol–water partition coefficient (Wildman–Crippen LogP) is 2.81. The Labute approximate surface area is 121 Å². The minimum Gasteiger partial charge on any atom is -0.383 e. The molecule has 0 amide bonds. The summed E-state index contributed by atoms with van der Waals surface area (Å²) >= 11 is 0. The molecule has 0 saturated carbocycles. The SMILES string of the molecule is CC(C)(CNc1cc(C#N)ccc1C(F)(F)F)S(C)(=O)=O. The van der Waals surface area contributed by atoms with Gasteiger partial charge in [-0.05, 0) is 32.0 Å². The first-order valence-corrected chi connectivity index (χ1v) is 7.82. The molecule has 8 heteroatoms. The highest BCUT2D eigenvalue weighted by Gasteiger charge is 2.35. The number of halogens is 3. The lowest BCUT2D eigenvalue weighted by molar-refractivity contribution is -0.136. The maximum absolute atomic E-state index is 12.9. The second-order valence-corrected chi connectivity index (χ2v) is 7.90. The quantitative estimate of drug-likeness (QED) is 0.926. The van der Waals surface area contributed by atoms with E-state index >= 15 is 0 Å². The molecule has 0 radical (unpaired) electrons. The zero-order chi connectivity index (χ0) is 16.5. The van der Waals surface area contributed by atoms with Gasteiger partial charge in [0.15, 0.2) is 9.84 Å². The molecular weight excluding hydrogens is 305 g/mol.